The van der Waals surface area contributed by atoms with Crippen LogP contribution < -0.4 is 5.32 Å². The summed E-state index contributed by atoms with van der Waals surface area (Å²) in [5.74, 6) is 0.687. The molecule has 0 heterocycles. The quantitative estimate of drug-likeness (QED) is 0.827. The Kier molecular flexibility index (Phi) is 3.80. The van der Waals surface area contributed by atoms with Crippen molar-refractivity contribution in [1.82, 2.24) is 5.32 Å². The third-order valence-corrected chi connectivity index (χ3v) is 3.12. The summed E-state index contributed by atoms with van der Waals surface area (Å²) >= 11 is 0. The fraction of sp³-hybridized carbons (Fsp3) is 0.375. The first-order valence-corrected chi connectivity index (χ1v) is 6.39. The molecule has 0 aliphatic heterocycles. The van der Waals surface area contributed by atoms with Gasteiger partial charge in [0.15, 0.2) is 0 Å². The smallest absolute Gasteiger partial charge is 0.0298 e. The van der Waals surface area contributed by atoms with E-state index < -0.39 is 0 Å². The molecule has 0 amide bonds. The monoisotopic (exact) mass is 227 g/mol. The van der Waals surface area contributed by atoms with E-state index in [2.05, 4.69) is 68.6 Å². The van der Waals surface area contributed by atoms with Gasteiger partial charge in [0.25, 0.3) is 0 Å². The van der Waals surface area contributed by atoms with E-state index in [9.17, 15) is 0 Å². The molecule has 1 N–H and O–H groups in total. The number of hydrogen-bond acceptors (Lipinski definition) is 1. The van der Waals surface area contributed by atoms with Gasteiger partial charge in [-0.1, -0.05) is 56.3 Å². The molecule has 0 bridgehead atoms. The summed E-state index contributed by atoms with van der Waals surface area (Å²) in [5, 5.41) is 6.27. The van der Waals surface area contributed by atoms with Crippen LogP contribution in [0.3, 0.4) is 0 Å². The molecule has 0 aromatic heterocycles. The predicted octanol–water partition coefficient (Wildman–Crippen LogP) is 4.15. The molecular weight excluding hydrogens is 206 g/mol. The third-order valence-electron chi connectivity index (χ3n) is 3.12. The molecule has 0 saturated heterocycles. The summed E-state index contributed by atoms with van der Waals surface area (Å²) in [6, 6.07) is 15.5. The summed E-state index contributed by atoms with van der Waals surface area (Å²) in [5.41, 5.74) is 1.39. The number of fused-ring (bicyclic) bond motifs is 1. The average molecular weight is 227 g/mol. The van der Waals surface area contributed by atoms with Crippen LogP contribution in [0.4, 0.5) is 0 Å². The average Bonchev–Trinajstić information content (AvgIpc) is 2.35. The van der Waals surface area contributed by atoms with Crippen molar-refractivity contribution in [2.24, 2.45) is 5.92 Å². The van der Waals surface area contributed by atoms with Gasteiger partial charge in [-0.15, -0.1) is 0 Å². The Morgan fingerprint density at radius 3 is 2.41 bits per heavy atom. The summed E-state index contributed by atoms with van der Waals surface area (Å²) in [6.07, 6.45) is 0. The van der Waals surface area contributed by atoms with Crippen molar-refractivity contribution >= 4 is 10.8 Å². The van der Waals surface area contributed by atoms with Gasteiger partial charge in [-0.05, 0) is 35.7 Å². The van der Waals surface area contributed by atoms with Crippen LogP contribution >= 0.6 is 0 Å². The van der Waals surface area contributed by atoms with Crippen LogP contribution in [0.5, 0.6) is 0 Å². The molecular formula is C16H21N. The normalized spacial score (nSPS) is 13.2. The lowest BCUT2D eigenvalue weighted by Gasteiger charge is -2.17. The summed E-state index contributed by atoms with van der Waals surface area (Å²) in [6.45, 7) is 7.78. The standard InChI is InChI=1S/C16H21N/c1-12(2)11-17-13(3)15-10-6-8-14-7-4-5-9-16(14)15/h4-10,12-13,17H,11H2,1-3H3/t13-/m1/s1. The van der Waals surface area contributed by atoms with Crippen LogP contribution in [0.15, 0.2) is 42.5 Å². The first-order chi connectivity index (χ1) is 8.18. The zero-order valence-corrected chi connectivity index (χ0v) is 10.9. The van der Waals surface area contributed by atoms with Gasteiger partial charge < -0.3 is 5.32 Å². The molecule has 1 nitrogen and oxygen atoms in total. The molecule has 0 fully saturated rings. The van der Waals surface area contributed by atoms with Crippen LogP contribution in [0.1, 0.15) is 32.4 Å². The molecule has 2 aromatic rings. The molecule has 0 aliphatic carbocycles. The van der Waals surface area contributed by atoms with E-state index in [4.69, 9.17) is 0 Å². The van der Waals surface area contributed by atoms with E-state index >= 15 is 0 Å². The van der Waals surface area contributed by atoms with E-state index in [0.29, 0.717) is 12.0 Å². The van der Waals surface area contributed by atoms with Gasteiger partial charge in [-0.2, -0.15) is 0 Å². The van der Waals surface area contributed by atoms with Crippen molar-refractivity contribution in [2.45, 2.75) is 26.8 Å². The topological polar surface area (TPSA) is 12.0 Å². The first kappa shape index (κ1) is 12.1. The van der Waals surface area contributed by atoms with Crippen LogP contribution in [0, 0.1) is 5.92 Å². The molecule has 90 valence electrons. The van der Waals surface area contributed by atoms with Crippen molar-refractivity contribution in [3.8, 4) is 0 Å². The van der Waals surface area contributed by atoms with Gasteiger partial charge in [0, 0.05) is 6.04 Å². The summed E-state index contributed by atoms with van der Waals surface area (Å²) < 4.78 is 0. The van der Waals surface area contributed by atoms with Crippen molar-refractivity contribution in [3.05, 3.63) is 48.0 Å². The van der Waals surface area contributed by atoms with Crippen molar-refractivity contribution in [2.75, 3.05) is 6.54 Å². The first-order valence-electron chi connectivity index (χ1n) is 6.39. The van der Waals surface area contributed by atoms with Crippen LogP contribution in [0.2, 0.25) is 0 Å². The van der Waals surface area contributed by atoms with E-state index in [1.807, 2.05) is 0 Å². The molecule has 0 unspecified atom stereocenters. The van der Waals surface area contributed by atoms with E-state index in [1.54, 1.807) is 0 Å². The lowest BCUT2D eigenvalue weighted by molar-refractivity contribution is 0.498. The Morgan fingerprint density at radius 2 is 1.65 bits per heavy atom. The van der Waals surface area contributed by atoms with E-state index in [1.165, 1.54) is 16.3 Å². The second kappa shape index (κ2) is 5.33. The summed E-state index contributed by atoms with van der Waals surface area (Å²) in [7, 11) is 0. The van der Waals surface area contributed by atoms with Crippen molar-refractivity contribution < 1.29 is 0 Å². The van der Waals surface area contributed by atoms with Crippen LogP contribution in [-0.2, 0) is 0 Å². The summed E-state index contributed by atoms with van der Waals surface area (Å²) in [4.78, 5) is 0. The fourth-order valence-electron chi connectivity index (χ4n) is 2.15. The number of hydrogen-bond donors (Lipinski definition) is 1. The van der Waals surface area contributed by atoms with Gasteiger partial charge in [0.05, 0.1) is 0 Å². The minimum Gasteiger partial charge on any atom is -0.310 e. The third kappa shape index (κ3) is 2.86. The second-order valence-corrected chi connectivity index (χ2v) is 5.09. The fourth-order valence-corrected chi connectivity index (χ4v) is 2.15. The van der Waals surface area contributed by atoms with Crippen molar-refractivity contribution in [3.63, 3.8) is 0 Å². The van der Waals surface area contributed by atoms with Gasteiger partial charge in [0.2, 0.25) is 0 Å². The number of benzene rings is 2. The van der Waals surface area contributed by atoms with Gasteiger partial charge >= 0.3 is 0 Å². The Bertz CT molecular complexity index is 482. The lowest BCUT2D eigenvalue weighted by Crippen LogP contribution is -2.23. The second-order valence-electron chi connectivity index (χ2n) is 5.09. The number of nitrogens with one attached hydrogen (secondary N) is 1. The highest BCUT2D eigenvalue weighted by molar-refractivity contribution is 5.86. The van der Waals surface area contributed by atoms with Crippen LogP contribution in [-0.4, -0.2) is 6.54 Å². The van der Waals surface area contributed by atoms with Gasteiger partial charge in [0.1, 0.15) is 0 Å². The molecule has 2 rings (SSSR count). The molecule has 0 saturated carbocycles. The Hall–Kier alpha value is -1.34. The number of rotatable bonds is 4. The predicted molar refractivity (Wildman–Crippen MR) is 75.2 cm³/mol. The maximum Gasteiger partial charge on any atom is 0.0298 e. The minimum atomic E-state index is 0.406. The zero-order valence-electron chi connectivity index (χ0n) is 10.9. The molecule has 1 heteroatoms. The van der Waals surface area contributed by atoms with Gasteiger partial charge in [-0.25, -0.2) is 0 Å². The van der Waals surface area contributed by atoms with Crippen molar-refractivity contribution in [1.29, 1.82) is 0 Å². The molecule has 1 atom stereocenters. The molecule has 0 aliphatic rings. The largest absolute Gasteiger partial charge is 0.310 e. The van der Waals surface area contributed by atoms with E-state index in [-0.39, 0.29) is 0 Å². The SMILES string of the molecule is CC(C)CN[C@H](C)c1cccc2ccccc12. The highest BCUT2D eigenvalue weighted by Crippen LogP contribution is 2.23. The molecule has 0 spiro atoms. The maximum absolute atomic E-state index is 3.59. The van der Waals surface area contributed by atoms with Crippen LogP contribution in [0.25, 0.3) is 10.8 Å². The Labute approximate surface area is 104 Å². The lowest BCUT2D eigenvalue weighted by atomic mass is 9.99. The zero-order chi connectivity index (χ0) is 12.3. The molecule has 17 heavy (non-hydrogen) atoms. The maximum atomic E-state index is 3.59. The van der Waals surface area contributed by atoms with Gasteiger partial charge in [-0.3, -0.25) is 0 Å². The Balaban J connectivity index is 2.28. The molecule has 0 radical (unpaired) electrons. The van der Waals surface area contributed by atoms with E-state index in [0.717, 1.165) is 6.54 Å². The highest BCUT2D eigenvalue weighted by Gasteiger charge is 2.08. The minimum absolute atomic E-state index is 0.406. The highest BCUT2D eigenvalue weighted by atomic mass is 14.9. The molecule has 2 aromatic carbocycles. The Morgan fingerprint density at radius 1 is 0.941 bits per heavy atom.